The Morgan fingerprint density at radius 2 is 1.48 bits per heavy atom. The zero-order valence-electron chi connectivity index (χ0n) is 12.2. The van der Waals surface area contributed by atoms with E-state index in [9.17, 15) is 4.79 Å². The van der Waals surface area contributed by atoms with E-state index in [-0.39, 0.29) is 11.3 Å². The average Bonchev–Trinajstić information content (AvgIpc) is 3.05. The van der Waals surface area contributed by atoms with Crippen molar-refractivity contribution >= 4 is 5.91 Å². The molecule has 108 valence electrons. The molecule has 0 aliphatic heterocycles. The summed E-state index contributed by atoms with van der Waals surface area (Å²) in [5.74, 6) is 0.176. The van der Waals surface area contributed by atoms with Crippen LogP contribution in [-0.2, 0) is 16.8 Å². The number of amides is 1. The second-order valence-corrected chi connectivity index (χ2v) is 5.82. The van der Waals surface area contributed by atoms with Crippen LogP contribution in [0.15, 0.2) is 60.7 Å². The van der Waals surface area contributed by atoms with Crippen LogP contribution in [0.2, 0.25) is 0 Å². The van der Waals surface area contributed by atoms with Crippen molar-refractivity contribution < 1.29 is 4.79 Å². The molecule has 3 rings (SSSR count). The van der Waals surface area contributed by atoms with E-state index in [1.165, 1.54) is 0 Å². The van der Waals surface area contributed by atoms with Gasteiger partial charge in [0.1, 0.15) is 0 Å². The molecular formula is C19H21NO. The number of nitrogens with one attached hydrogen (secondary N) is 1. The van der Waals surface area contributed by atoms with Gasteiger partial charge in [-0.2, -0.15) is 0 Å². The molecule has 1 N–H and O–H groups in total. The zero-order chi connectivity index (χ0) is 14.5. The van der Waals surface area contributed by atoms with Crippen molar-refractivity contribution in [2.75, 3.05) is 0 Å². The highest BCUT2D eigenvalue weighted by molar-refractivity contribution is 5.88. The van der Waals surface area contributed by atoms with E-state index in [1.54, 1.807) is 0 Å². The molecule has 2 heteroatoms. The number of carbonyl (C=O) groups is 1. The molecule has 0 heterocycles. The first-order chi connectivity index (χ1) is 10.3. The first kappa shape index (κ1) is 13.9. The molecule has 0 unspecified atom stereocenters. The van der Waals surface area contributed by atoms with Gasteiger partial charge in [0.2, 0.25) is 5.91 Å². The Morgan fingerprint density at radius 1 is 0.905 bits per heavy atom. The highest BCUT2D eigenvalue weighted by Crippen LogP contribution is 2.41. The van der Waals surface area contributed by atoms with Crippen molar-refractivity contribution in [3.05, 3.63) is 71.8 Å². The molecule has 0 bridgehead atoms. The second kappa shape index (κ2) is 6.13. The van der Waals surface area contributed by atoms with Crippen molar-refractivity contribution in [3.8, 4) is 0 Å². The summed E-state index contributed by atoms with van der Waals surface area (Å²) in [5.41, 5.74) is 1.98. The van der Waals surface area contributed by atoms with Gasteiger partial charge in [-0.05, 0) is 24.0 Å². The summed E-state index contributed by atoms with van der Waals surface area (Å²) in [6.45, 7) is 0.605. The fraction of sp³-hybridized carbons (Fsp3) is 0.316. The van der Waals surface area contributed by atoms with Crippen molar-refractivity contribution in [1.29, 1.82) is 0 Å². The summed E-state index contributed by atoms with van der Waals surface area (Å²) in [6.07, 6.45) is 4.18. The van der Waals surface area contributed by atoms with Crippen LogP contribution in [0.3, 0.4) is 0 Å². The fourth-order valence-electron chi connectivity index (χ4n) is 3.33. The van der Waals surface area contributed by atoms with Crippen LogP contribution in [0.4, 0.5) is 0 Å². The van der Waals surface area contributed by atoms with Crippen LogP contribution in [-0.4, -0.2) is 5.91 Å². The summed E-state index contributed by atoms with van der Waals surface area (Å²) in [6, 6.07) is 20.3. The monoisotopic (exact) mass is 279 g/mol. The molecule has 0 saturated heterocycles. The standard InChI is InChI=1S/C19H21NO/c21-18(20-15-16-9-3-1-4-10-16)19(13-7-8-14-19)17-11-5-2-6-12-17/h1-6,9-12H,7-8,13-15H2,(H,20,21). The van der Waals surface area contributed by atoms with E-state index < -0.39 is 0 Å². The first-order valence-electron chi connectivity index (χ1n) is 7.69. The molecule has 0 aromatic heterocycles. The summed E-state index contributed by atoms with van der Waals surface area (Å²) in [7, 11) is 0. The van der Waals surface area contributed by atoms with Crippen LogP contribution in [0.5, 0.6) is 0 Å². The van der Waals surface area contributed by atoms with Gasteiger partial charge in [0.15, 0.2) is 0 Å². The molecule has 21 heavy (non-hydrogen) atoms. The predicted molar refractivity (Wildman–Crippen MR) is 84.9 cm³/mol. The Bertz CT molecular complexity index is 585. The lowest BCUT2D eigenvalue weighted by Gasteiger charge is -2.28. The molecular weight excluding hydrogens is 258 g/mol. The third kappa shape index (κ3) is 2.85. The van der Waals surface area contributed by atoms with Crippen molar-refractivity contribution in [3.63, 3.8) is 0 Å². The summed E-state index contributed by atoms with van der Waals surface area (Å²) in [5, 5.41) is 3.14. The topological polar surface area (TPSA) is 29.1 Å². The largest absolute Gasteiger partial charge is 0.351 e. The lowest BCUT2D eigenvalue weighted by molar-refractivity contribution is -0.126. The number of carbonyl (C=O) groups excluding carboxylic acids is 1. The average molecular weight is 279 g/mol. The Hall–Kier alpha value is -2.09. The van der Waals surface area contributed by atoms with E-state index in [4.69, 9.17) is 0 Å². The van der Waals surface area contributed by atoms with E-state index in [0.717, 1.165) is 36.8 Å². The maximum absolute atomic E-state index is 12.8. The fourth-order valence-corrected chi connectivity index (χ4v) is 3.33. The van der Waals surface area contributed by atoms with E-state index in [0.29, 0.717) is 6.54 Å². The highest BCUT2D eigenvalue weighted by atomic mass is 16.2. The van der Waals surface area contributed by atoms with E-state index in [1.807, 2.05) is 48.5 Å². The summed E-state index contributed by atoms with van der Waals surface area (Å²) >= 11 is 0. The van der Waals surface area contributed by atoms with E-state index >= 15 is 0 Å². The van der Waals surface area contributed by atoms with Crippen molar-refractivity contribution in [2.45, 2.75) is 37.6 Å². The van der Waals surface area contributed by atoms with Crippen LogP contribution in [0.1, 0.15) is 36.8 Å². The van der Waals surface area contributed by atoms with Gasteiger partial charge in [0, 0.05) is 6.54 Å². The lowest BCUT2D eigenvalue weighted by Crippen LogP contribution is -2.42. The van der Waals surface area contributed by atoms with Gasteiger partial charge in [-0.25, -0.2) is 0 Å². The lowest BCUT2D eigenvalue weighted by atomic mass is 9.78. The zero-order valence-corrected chi connectivity index (χ0v) is 12.2. The van der Waals surface area contributed by atoms with E-state index in [2.05, 4.69) is 17.4 Å². The Kier molecular flexibility index (Phi) is 4.05. The maximum atomic E-state index is 12.8. The van der Waals surface area contributed by atoms with Gasteiger partial charge < -0.3 is 5.32 Å². The Balaban J connectivity index is 1.77. The molecule has 1 aliphatic carbocycles. The first-order valence-corrected chi connectivity index (χ1v) is 7.69. The van der Waals surface area contributed by atoms with Gasteiger partial charge >= 0.3 is 0 Å². The molecule has 2 nitrogen and oxygen atoms in total. The van der Waals surface area contributed by atoms with Gasteiger partial charge in [-0.15, -0.1) is 0 Å². The van der Waals surface area contributed by atoms with Gasteiger partial charge in [-0.3, -0.25) is 4.79 Å². The second-order valence-electron chi connectivity index (χ2n) is 5.82. The number of hydrogen-bond donors (Lipinski definition) is 1. The van der Waals surface area contributed by atoms with Gasteiger partial charge in [0.25, 0.3) is 0 Å². The maximum Gasteiger partial charge on any atom is 0.230 e. The predicted octanol–water partition coefficient (Wildman–Crippen LogP) is 3.81. The van der Waals surface area contributed by atoms with Crippen LogP contribution >= 0.6 is 0 Å². The minimum Gasteiger partial charge on any atom is -0.351 e. The summed E-state index contributed by atoms with van der Waals surface area (Å²) < 4.78 is 0. The highest BCUT2D eigenvalue weighted by Gasteiger charge is 2.42. The van der Waals surface area contributed by atoms with Crippen LogP contribution in [0.25, 0.3) is 0 Å². The van der Waals surface area contributed by atoms with Crippen LogP contribution < -0.4 is 5.32 Å². The number of rotatable bonds is 4. The quantitative estimate of drug-likeness (QED) is 0.906. The smallest absolute Gasteiger partial charge is 0.230 e. The minimum atomic E-state index is -0.323. The Labute approximate surface area is 126 Å². The Morgan fingerprint density at radius 3 is 2.10 bits per heavy atom. The molecule has 1 saturated carbocycles. The van der Waals surface area contributed by atoms with Gasteiger partial charge in [-0.1, -0.05) is 73.5 Å². The molecule has 1 amide bonds. The van der Waals surface area contributed by atoms with Crippen molar-refractivity contribution in [2.24, 2.45) is 0 Å². The molecule has 1 fully saturated rings. The van der Waals surface area contributed by atoms with Crippen molar-refractivity contribution in [1.82, 2.24) is 5.32 Å². The minimum absolute atomic E-state index is 0.176. The molecule has 0 atom stereocenters. The molecule has 2 aromatic carbocycles. The number of hydrogen-bond acceptors (Lipinski definition) is 1. The van der Waals surface area contributed by atoms with Crippen LogP contribution in [0, 0.1) is 0 Å². The SMILES string of the molecule is O=C(NCc1ccccc1)C1(c2ccccc2)CCCC1. The summed E-state index contributed by atoms with van der Waals surface area (Å²) in [4.78, 5) is 12.8. The molecule has 1 aliphatic rings. The molecule has 0 spiro atoms. The van der Waals surface area contributed by atoms with Gasteiger partial charge in [0.05, 0.1) is 5.41 Å². The third-order valence-electron chi connectivity index (χ3n) is 4.51. The normalized spacial score (nSPS) is 16.6. The number of benzene rings is 2. The molecule has 2 aromatic rings. The third-order valence-corrected chi connectivity index (χ3v) is 4.51. The molecule has 0 radical (unpaired) electrons.